The Morgan fingerprint density at radius 3 is 2.82 bits per heavy atom. The first-order chi connectivity index (χ1) is 8.20. The van der Waals surface area contributed by atoms with E-state index < -0.39 is 0 Å². The van der Waals surface area contributed by atoms with Gasteiger partial charge in [-0.3, -0.25) is 0 Å². The molecule has 2 unspecified atom stereocenters. The summed E-state index contributed by atoms with van der Waals surface area (Å²) in [6.45, 7) is 9.24. The fourth-order valence-corrected chi connectivity index (χ4v) is 2.32. The zero-order valence-corrected chi connectivity index (χ0v) is 11.1. The maximum Gasteiger partial charge on any atom is 0.0952 e. The number of ether oxygens (including phenoxy) is 1. The molecule has 0 saturated carbocycles. The van der Waals surface area contributed by atoms with Crippen LogP contribution in [-0.4, -0.2) is 34.8 Å². The normalized spacial score (nSPS) is 24.4. The maximum atomic E-state index is 6.02. The summed E-state index contributed by atoms with van der Waals surface area (Å²) in [5, 5.41) is 3.35. The third-order valence-electron chi connectivity index (χ3n) is 3.56. The summed E-state index contributed by atoms with van der Waals surface area (Å²) in [4.78, 5) is 4.32. The number of imidazole rings is 1. The quantitative estimate of drug-likeness (QED) is 0.846. The molecule has 1 N–H and O–H groups in total. The maximum absolute atomic E-state index is 6.02. The zero-order chi connectivity index (χ0) is 12.3. The molecule has 0 radical (unpaired) electrons. The molecule has 2 atom stereocenters. The predicted molar refractivity (Wildman–Crippen MR) is 68.1 cm³/mol. The predicted octanol–water partition coefficient (Wildman–Crippen LogP) is 1.66. The molecule has 1 fully saturated rings. The molecule has 1 aromatic rings. The molecule has 1 aliphatic rings. The van der Waals surface area contributed by atoms with Crippen LogP contribution in [-0.2, 0) is 11.3 Å². The van der Waals surface area contributed by atoms with Crippen molar-refractivity contribution in [1.82, 2.24) is 14.9 Å². The summed E-state index contributed by atoms with van der Waals surface area (Å²) in [5.41, 5.74) is 2.37. The Morgan fingerprint density at radius 1 is 1.41 bits per heavy atom. The zero-order valence-electron chi connectivity index (χ0n) is 11.1. The molecular formula is C13H23N3O. The Kier molecular flexibility index (Phi) is 4.18. The summed E-state index contributed by atoms with van der Waals surface area (Å²) >= 11 is 0. The van der Waals surface area contributed by atoms with Crippen LogP contribution in [0.2, 0.25) is 0 Å². The second kappa shape index (κ2) is 5.65. The van der Waals surface area contributed by atoms with Crippen molar-refractivity contribution in [2.24, 2.45) is 0 Å². The number of likely N-dealkylation sites (N-methyl/N-ethyl adjacent to an activating group) is 1. The molecule has 0 aromatic carbocycles. The van der Waals surface area contributed by atoms with Crippen molar-refractivity contribution in [3.63, 3.8) is 0 Å². The molecule has 1 aromatic heterocycles. The highest BCUT2D eigenvalue weighted by atomic mass is 16.5. The Bertz CT molecular complexity index is 362. The lowest BCUT2D eigenvalue weighted by atomic mass is 10.2. The number of nitrogens with one attached hydrogen (secondary N) is 1. The molecule has 0 bridgehead atoms. The molecule has 0 aliphatic carbocycles. The van der Waals surface area contributed by atoms with Gasteiger partial charge in [-0.05, 0) is 33.2 Å². The van der Waals surface area contributed by atoms with E-state index in [0.29, 0.717) is 12.2 Å². The van der Waals surface area contributed by atoms with E-state index in [1.165, 1.54) is 12.1 Å². The molecular weight excluding hydrogens is 214 g/mol. The van der Waals surface area contributed by atoms with Gasteiger partial charge in [0.15, 0.2) is 0 Å². The van der Waals surface area contributed by atoms with Gasteiger partial charge in [0.25, 0.3) is 0 Å². The summed E-state index contributed by atoms with van der Waals surface area (Å²) < 4.78 is 8.22. The highest BCUT2D eigenvalue weighted by Crippen LogP contribution is 2.21. The molecule has 96 valence electrons. The van der Waals surface area contributed by atoms with Crippen LogP contribution in [0.15, 0.2) is 6.33 Å². The minimum atomic E-state index is 0.353. The number of aryl methyl sites for hydroxylation is 1. The van der Waals surface area contributed by atoms with Crippen molar-refractivity contribution in [2.75, 3.05) is 13.1 Å². The van der Waals surface area contributed by atoms with Gasteiger partial charge >= 0.3 is 0 Å². The van der Waals surface area contributed by atoms with E-state index in [1.54, 1.807) is 0 Å². The van der Waals surface area contributed by atoms with Gasteiger partial charge in [-0.25, -0.2) is 4.98 Å². The SMILES string of the molecule is CCNCC1CCC(Cn2cnc(C)c2C)O1. The third kappa shape index (κ3) is 3.07. The molecule has 17 heavy (non-hydrogen) atoms. The van der Waals surface area contributed by atoms with Gasteiger partial charge in [-0.15, -0.1) is 0 Å². The van der Waals surface area contributed by atoms with Gasteiger partial charge in [-0.1, -0.05) is 6.92 Å². The second-order valence-electron chi connectivity index (χ2n) is 4.83. The largest absolute Gasteiger partial charge is 0.372 e. The van der Waals surface area contributed by atoms with Crippen LogP contribution in [0.5, 0.6) is 0 Å². The summed E-state index contributed by atoms with van der Waals surface area (Å²) in [5.74, 6) is 0. The monoisotopic (exact) mass is 237 g/mol. The molecule has 1 saturated heterocycles. The van der Waals surface area contributed by atoms with Crippen molar-refractivity contribution in [3.05, 3.63) is 17.7 Å². The standard InChI is InChI=1S/C13H23N3O/c1-4-14-7-12-5-6-13(17-12)8-16-9-15-10(2)11(16)3/h9,12-14H,4-8H2,1-3H3. The summed E-state index contributed by atoms with van der Waals surface area (Å²) in [6.07, 6.45) is 5.00. The van der Waals surface area contributed by atoms with Crippen LogP contribution in [0.1, 0.15) is 31.2 Å². The minimum Gasteiger partial charge on any atom is -0.372 e. The van der Waals surface area contributed by atoms with Gasteiger partial charge in [0.2, 0.25) is 0 Å². The Morgan fingerprint density at radius 2 is 2.18 bits per heavy atom. The van der Waals surface area contributed by atoms with Crippen LogP contribution >= 0.6 is 0 Å². The fourth-order valence-electron chi connectivity index (χ4n) is 2.32. The third-order valence-corrected chi connectivity index (χ3v) is 3.56. The Hall–Kier alpha value is -0.870. The van der Waals surface area contributed by atoms with Gasteiger partial charge in [0, 0.05) is 12.2 Å². The molecule has 2 rings (SSSR count). The topological polar surface area (TPSA) is 39.1 Å². The average Bonchev–Trinajstić information content (AvgIpc) is 2.89. The Balaban J connectivity index is 1.83. The van der Waals surface area contributed by atoms with Crippen LogP contribution in [0.4, 0.5) is 0 Å². The molecule has 0 amide bonds. The number of nitrogens with zero attached hydrogens (tertiary/aromatic N) is 2. The van der Waals surface area contributed by atoms with Gasteiger partial charge in [0.1, 0.15) is 0 Å². The van der Waals surface area contributed by atoms with E-state index in [1.807, 2.05) is 6.33 Å². The minimum absolute atomic E-state index is 0.353. The van der Waals surface area contributed by atoms with E-state index in [4.69, 9.17) is 4.74 Å². The fraction of sp³-hybridized carbons (Fsp3) is 0.769. The lowest BCUT2D eigenvalue weighted by molar-refractivity contribution is 0.0361. The molecule has 4 heteroatoms. The molecule has 0 spiro atoms. The summed E-state index contributed by atoms with van der Waals surface area (Å²) in [7, 11) is 0. The van der Waals surface area contributed by atoms with E-state index >= 15 is 0 Å². The van der Waals surface area contributed by atoms with Crippen molar-refractivity contribution in [3.8, 4) is 0 Å². The van der Waals surface area contributed by atoms with E-state index in [9.17, 15) is 0 Å². The second-order valence-corrected chi connectivity index (χ2v) is 4.83. The van der Waals surface area contributed by atoms with Crippen LogP contribution in [0.3, 0.4) is 0 Å². The lowest BCUT2D eigenvalue weighted by Gasteiger charge is -2.15. The number of aromatic nitrogens is 2. The van der Waals surface area contributed by atoms with Crippen LogP contribution < -0.4 is 5.32 Å². The van der Waals surface area contributed by atoms with Gasteiger partial charge in [0.05, 0.1) is 30.8 Å². The van der Waals surface area contributed by atoms with Crippen LogP contribution in [0.25, 0.3) is 0 Å². The van der Waals surface area contributed by atoms with E-state index in [-0.39, 0.29) is 0 Å². The van der Waals surface area contributed by atoms with Crippen molar-refractivity contribution in [1.29, 1.82) is 0 Å². The molecule has 1 aliphatic heterocycles. The van der Waals surface area contributed by atoms with Crippen molar-refractivity contribution >= 4 is 0 Å². The van der Waals surface area contributed by atoms with E-state index in [2.05, 4.69) is 35.6 Å². The highest BCUT2D eigenvalue weighted by molar-refractivity contribution is 5.08. The first-order valence-electron chi connectivity index (χ1n) is 6.55. The smallest absolute Gasteiger partial charge is 0.0952 e. The van der Waals surface area contributed by atoms with Crippen molar-refractivity contribution in [2.45, 2.75) is 52.4 Å². The average molecular weight is 237 g/mol. The van der Waals surface area contributed by atoms with Crippen molar-refractivity contribution < 1.29 is 4.74 Å². The van der Waals surface area contributed by atoms with Crippen LogP contribution in [0, 0.1) is 13.8 Å². The first-order valence-corrected chi connectivity index (χ1v) is 6.55. The number of rotatable bonds is 5. The Labute approximate surface area is 103 Å². The molecule has 2 heterocycles. The van der Waals surface area contributed by atoms with Gasteiger partial charge < -0.3 is 14.6 Å². The first kappa shape index (κ1) is 12.6. The lowest BCUT2D eigenvalue weighted by Crippen LogP contribution is -2.27. The van der Waals surface area contributed by atoms with Gasteiger partial charge in [-0.2, -0.15) is 0 Å². The molecule has 4 nitrogen and oxygen atoms in total. The summed E-state index contributed by atoms with van der Waals surface area (Å²) in [6, 6.07) is 0. The highest BCUT2D eigenvalue weighted by Gasteiger charge is 2.25. The number of hydrogen-bond donors (Lipinski definition) is 1. The van der Waals surface area contributed by atoms with E-state index in [0.717, 1.165) is 31.7 Å². The number of hydrogen-bond acceptors (Lipinski definition) is 3.